The van der Waals surface area contributed by atoms with E-state index in [-0.39, 0.29) is 30.2 Å². The largest absolute Gasteiger partial charge is 0.377 e. The molecule has 0 bridgehead atoms. The predicted molar refractivity (Wildman–Crippen MR) is 178 cm³/mol. The fraction of sp³-hybridized carbons (Fsp3) is 0.286. The van der Waals surface area contributed by atoms with Gasteiger partial charge in [-0.25, -0.2) is 4.98 Å². The minimum Gasteiger partial charge on any atom is -0.377 e. The summed E-state index contributed by atoms with van der Waals surface area (Å²) in [5.74, 6) is 0.138. The lowest BCUT2D eigenvalue weighted by molar-refractivity contribution is -0.123. The van der Waals surface area contributed by atoms with E-state index in [2.05, 4.69) is 62.7 Å². The van der Waals surface area contributed by atoms with Crippen LogP contribution in [0.15, 0.2) is 89.5 Å². The molecule has 2 heterocycles. The van der Waals surface area contributed by atoms with Crippen LogP contribution < -0.4 is 15.5 Å². The number of H-pyrrole nitrogens is 1. The van der Waals surface area contributed by atoms with Crippen LogP contribution >= 0.6 is 15.9 Å². The number of aromatic nitrogens is 2. The van der Waals surface area contributed by atoms with Gasteiger partial charge in [-0.2, -0.15) is 0 Å². The summed E-state index contributed by atoms with van der Waals surface area (Å²) in [4.78, 5) is 37.5. The van der Waals surface area contributed by atoms with E-state index in [4.69, 9.17) is 4.98 Å². The SMILES string of the molecule is CN(C)c1cc(N[C@H]2CC[C@@H](NC(=O)C(CC(=O)c3ccc(Br)cc3)c3c[nH]c4ccccc34)CC2)nc2ccccc12. The number of benzene rings is 3. The number of Topliss-reactive ketones (excluding diaryl/α,β-unsaturated/α-hetero) is 1. The fourth-order valence-electron chi connectivity index (χ4n) is 6.16. The van der Waals surface area contributed by atoms with Gasteiger partial charge in [0.1, 0.15) is 5.82 Å². The van der Waals surface area contributed by atoms with Gasteiger partial charge in [-0.3, -0.25) is 9.59 Å². The zero-order valence-electron chi connectivity index (χ0n) is 24.4. The number of hydrogen-bond acceptors (Lipinski definition) is 5. The summed E-state index contributed by atoms with van der Waals surface area (Å²) < 4.78 is 0.912. The van der Waals surface area contributed by atoms with Crippen molar-refractivity contribution in [2.24, 2.45) is 0 Å². The van der Waals surface area contributed by atoms with Gasteiger partial charge in [0.25, 0.3) is 0 Å². The van der Waals surface area contributed by atoms with Gasteiger partial charge in [0.15, 0.2) is 5.78 Å². The second-order valence-corrected chi connectivity index (χ2v) is 12.5. The van der Waals surface area contributed by atoms with Crippen molar-refractivity contribution in [1.82, 2.24) is 15.3 Å². The Balaban J connectivity index is 1.14. The molecule has 3 aromatic carbocycles. The topological polar surface area (TPSA) is 90.1 Å². The molecule has 220 valence electrons. The monoisotopic (exact) mass is 637 g/mol. The van der Waals surface area contributed by atoms with Gasteiger partial charge in [0.05, 0.1) is 11.4 Å². The number of para-hydroxylation sites is 2. The lowest BCUT2D eigenvalue weighted by atomic mass is 9.88. The van der Waals surface area contributed by atoms with Crippen molar-refractivity contribution >= 4 is 60.9 Å². The van der Waals surface area contributed by atoms with Crippen molar-refractivity contribution < 1.29 is 9.59 Å². The van der Waals surface area contributed by atoms with Crippen LogP contribution in [0.2, 0.25) is 0 Å². The molecule has 7 nitrogen and oxygen atoms in total. The maximum absolute atomic E-state index is 13.9. The lowest BCUT2D eigenvalue weighted by Gasteiger charge is -2.31. The second kappa shape index (κ2) is 12.6. The van der Waals surface area contributed by atoms with E-state index in [1.807, 2.05) is 60.8 Å². The molecule has 1 unspecified atom stereocenters. The zero-order chi connectivity index (χ0) is 29.9. The molecule has 1 saturated carbocycles. The van der Waals surface area contributed by atoms with E-state index in [1.165, 1.54) is 0 Å². The number of amides is 1. The summed E-state index contributed by atoms with van der Waals surface area (Å²) in [6.07, 6.45) is 5.55. The van der Waals surface area contributed by atoms with E-state index in [9.17, 15) is 9.59 Å². The fourth-order valence-corrected chi connectivity index (χ4v) is 6.42. The molecule has 6 rings (SSSR count). The first-order valence-electron chi connectivity index (χ1n) is 14.8. The number of nitrogens with zero attached hydrogens (tertiary/aromatic N) is 2. The van der Waals surface area contributed by atoms with Gasteiger partial charge in [-0.15, -0.1) is 0 Å². The predicted octanol–water partition coefficient (Wildman–Crippen LogP) is 7.44. The molecule has 0 saturated heterocycles. The highest BCUT2D eigenvalue weighted by molar-refractivity contribution is 9.10. The Hall–Kier alpha value is -4.17. The van der Waals surface area contributed by atoms with Gasteiger partial charge >= 0.3 is 0 Å². The molecule has 0 aliphatic heterocycles. The Morgan fingerprint density at radius 2 is 1.60 bits per heavy atom. The highest BCUT2D eigenvalue weighted by atomic mass is 79.9. The van der Waals surface area contributed by atoms with E-state index in [0.717, 1.165) is 69.0 Å². The molecule has 1 aliphatic carbocycles. The number of ketones is 1. The number of hydrogen-bond donors (Lipinski definition) is 3. The molecule has 8 heteroatoms. The second-order valence-electron chi connectivity index (χ2n) is 11.6. The number of halogens is 1. The number of aromatic amines is 1. The summed E-state index contributed by atoms with van der Waals surface area (Å²) in [5, 5.41) is 9.06. The molecule has 3 N–H and O–H groups in total. The molecule has 5 aromatic rings. The van der Waals surface area contributed by atoms with Gasteiger partial charge < -0.3 is 20.5 Å². The standard InChI is InChI=1S/C35H36BrN5O2/c1-41(2)32-20-34(40-31-10-6-4-8-27(31)32)38-24-15-17-25(18-16-24)39-35(43)28(19-33(42)22-11-13-23(36)14-12-22)29-21-37-30-9-5-3-7-26(29)30/h3-14,20-21,24-25,28,37H,15-19H2,1-2H3,(H,38,40)(H,39,43)/t24-,25+,28?. The summed E-state index contributed by atoms with van der Waals surface area (Å²) >= 11 is 3.43. The molecular weight excluding hydrogens is 602 g/mol. The number of carbonyl (C=O) groups is 2. The summed E-state index contributed by atoms with van der Waals surface area (Å²) in [7, 11) is 4.10. The van der Waals surface area contributed by atoms with Crippen LogP contribution in [-0.4, -0.2) is 47.8 Å². The van der Waals surface area contributed by atoms with Gasteiger partial charge in [-0.1, -0.05) is 64.5 Å². The van der Waals surface area contributed by atoms with Crippen LogP contribution in [0.4, 0.5) is 11.5 Å². The minimum absolute atomic E-state index is 0.0502. The Kier molecular flexibility index (Phi) is 8.47. The van der Waals surface area contributed by atoms with Crippen molar-refractivity contribution in [2.75, 3.05) is 24.3 Å². The number of fused-ring (bicyclic) bond motifs is 2. The molecule has 0 radical (unpaired) electrons. The smallest absolute Gasteiger partial charge is 0.228 e. The minimum atomic E-state index is -0.589. The van der Waals surface area contributed by atoms with E-state index in [0.29, 0.717) is 5.56 Å². The maximum atomic E-state index is 13.9. The average molecular weight is 639 g/mol. The first kappa shape index (κ1) is 28.9. The normalized spacial score (nSPS) is 17.5. The quantitative estimate of drug-likeness (QED) is 0.146. The van der Waals surface area contributed by atoms with Crippen LogP contribution in [0.5, 0.6) is 0 Å². The molecule has 1 atom stereocenters. The van der Waals surface area contributed by atoms with Gasteiger partial charge in [0.2, 0.25) is 5.91 Å². The number of carbonyl (C=O) groups excluding carboxylic acids is 2. The third kappa shape index (κ3) is 6.44. The third-order valence-corrected chi connectivity index (χ3v) is 9.00. The van der Waals surface area contributed by atoms with E-state index < -0.39 is 5.92 Å². The number of anilines is 2. The Bertz CT molecular complexity index is 1760. The molecule has 43 heavy (non-hydrogen) atoms. The highest BCUT2D eigenvalue weighted by Gasteiger charge is 2.30. The molecule has 2 aromatic heterocycles. The Morgan fingerprint density at radius 3 is 2.35 bits per heavy atom. The first-order chi connectivity index (χ1) is 20.9. The first-order valence-corrected chi connectivity index (χ1v) is 15.6. The molecule has 1 aliphatic rings. The maximum Gasteiger partial charge on any atom is 0.228 e. The van der Waals surface area contributed by atoms with Crippen LogP contribution in [0, 0.1) is 0 Å². The van der Waals surface area contributed by atoms with E-state index >= 15 is 0 Å². The summed E-state index contributed by atoms with van der Waals surface area (Å²) in [5.41, 5.74) is 4.52. The zero-order valence-corrected chi connectivity index (χ0v) is 26.0. The number of nitrogens with one attached hydrogen (secondary N) is 3. The van der Waals surface area contributed by atoms with Crippen molar-refractivity contribution in [3.63, 3.8) is 0 Å². The molecule has 1 amide bonds. The van der Waals surface area contributed by atoms with Crippen LogP contribution in [-0.2, 0) is 4.79 Å². The summed E-state index contributed by atoms with van der Waals surface area (Å²) in [6, 6.07) is 25.9. The molecule has 0 spiro atoms. The number of pyridine rings is 1. The Labute approximate surface area is 260 Å². The van der Waals surface area contributed by atoms with Crippen molar-refractivity contribution in [3.05, 3.63) is 101 Å². The van der Waals surface area contributed by atoms with Crippen molar-refractivity contribution in [2.45, 2.75) is 50.1 Å². The van der Waals surface area contributed by atoms with Gasteiger partial charge in [0, 0.05) is 76.9 Å². The third-order valence-electron chi connectivity index (χ3n) is 8.47. The summed E-state index contributed by atoms with van der Waals surface area (Å²) in [6.45, 7) is 0. The van der Waals surface area contributed by atoms with Gasteiger partial charge in [-0.05, 0) is 55.5 Å². The van der Waals surface area contributed by atoms with Crippen molar-refractivity contribution in [3.8, 4) is 0 Å². The lowest BCUT2D eigenvalue weighted by Crippen LogP contribution is -2.42. The molecule has 1 fully saturated rings. The van der Waals surface area contributed by atoms with E-state index in [1.54, 1.807) is 12.1 Å². The van der Waals surface area contributed by atoms with Crippen LogP contribution in [0.1, 0.15) is 53.9 Å². The number of rotatable bonds is 9. The van der Waals surface area contributed by atoms with Crippen LogP contribution in [0.3, 0.4) is 0 Å². The van der Waals surface area contributed by atoms with Crippen molar-refractivity contribution in [1.29, 1.82) is 0 Å². The molecular formula is C35H36BrN5O2. The highest BCUT2D eigenvalue weighted by Crippen LogP contribution is 2.32. The average Bonchev–Trinajstić information content (AvgIpc) is 3.44. The Morgan fingerprint density at radius 1 is 0.930 bits per heavy atom. The van der Waals surface area contributed by atoms with Crippen LogP contribution in [0.25, 0.3) is 21.8 Å².